The Hall–Kier alpha value is -1.89. The fourth-order valence-corrected chi connectivity index (χ4v) is 2.04. The number of hydrogen-bond donors (Lipinski definition) is 0. The minimum atomic E-state index is -0.0364. The molecule has 0 spiro atoms. The summed E-state index contributed by atoms with van der Waals surface area (Å²) < 4.78 is 0. The molecule has 0 aliphatic carbocycles. The van der Waals surface area contributed by atoms with Gasteiger partial charge in [0.15, 0.2) is 0 Å². The van der Waals surface area contributed by atoms with Crippen molar-refractivity contribution in [2.45, 2.75) is 13.8 Å². The van der Waals surface area contributed by atoms with Crippen LogP contribution in [0.25, 0.3) is 0 Å². The van der Waals surface area contributed by atoms with Gasteiger partial charge >= 0.3 is 0 Å². The molecule has 0 N–H and O–H groups in total. The quantitative estimate of drug-likeness (QED) is 0.736. The first-order valence-electron chi connectivity index (χ1n) is 5.77. The number of nitriles is 1. The summed E-state index contributed by atoms with van der Waals surface area (Å²) in [6, 6.07) is 5.24. The fourth-order valence-electron chi connectivity index (χ4n) is 2.04. The van der Waals surface area contributed by atoms with Crippen molar-refractivity contribution in [1.82, 2.24) is 9.88 Å². The van der Waals surface area contributed by atoms with Crippen LogP contribution in [0.5, 0.6) is 0 Å². The number of pyridine rings is 1. The van der Waals surface area contributed by atoms with Crippen LogP contribution in [0.4, 0.5) is 0 Å². The zero-order valence-electron chi connectivity index (χ0n) is 10.1. The molecule has 0 bridgehead atoms. The van der Waals surface area contributed by atoms with Crippen LogP contribution in [0.15, 0.2) is 18.3 Å². The smallest absolute Gasteiger partial charge is 0.272 e. The summed E-state index contributed by atoms with van der Waals surface area (Å²) in [6.07, 6.45) is 1.44. The van der Waals surface area contributed by atoms with Gasteiger partial charge in [0, 0.05) is 19.3 Å². The Labute approximate surface area is 101 Å². The van der Waals surface area contributed by atoms with E-state index in [1.807, 2.05) is 11.0 Å². The summed E-state index contributed by atoms with van der Waals surface area (Å²) in [5, 5.41) is 8.66. The second-order valence-corrected chi connectivity index (χ2v) is 4.71. The van der Waals surface area contributed by atoms with E-state index < -0.39 is 0 Å². The molecular weight excluding hydrogens is 214 g/mol. The summed E-state index contributed by atoms with van der Waals surface area (Å²) in [6.45, 7) is 5.90. The van der Waals surface area contributed by atoms with Crippen molar-refractivity contribution < 1.29 is 4.79 Å². The van der Waals surface area contributed by atoms with Crippen LogP contribution in [0, 0.1) is 23.2 Å². The highest BCUT2D eigenvalue weighted by atomic mass is 16.2. The molecule has 1 aliphatic rings. The lowest BCUT2D eigenvalue weighted by Crippen LogP contribution is -2.29. The van der Waals surface area contributed by atoms with Crippen LogP contribution in [-0.2, 0) is 0 Å². The molecule has 2 rings (SSSR count). The molecule has 1 aromatic rings. The number of rotatable bonds is 1. The van der Waals surface area contributed by atoms with Crippen LogP contribution in [0.1, 0.15) is 29.9 Å². The first-order valence-corrected chi connectivity index (χ1v) is 5.77. The third-order valence-corrected chi connectivity index (χ3v) is 3.39. The summed E-state index contributed by atoms with van der Waals surface area (Å²) in [4.78, 5) is 18.0. The number of carbonyl (C=O) groups excluding carboxylic acids is 1. The third-order valence-electron chi connectivity index (χ3n) is 3.39. The molecule has 0 radical (unpaired) electrons. The number of likely N-dealkylation sites (tertiary alicyclic amines) is 1. The maximum absolute atomic E-state index is 12.1. The molecule has 1 amide bonds. The van der Waals surface area contributed by atoms with Crippen LogP contribution >= 0.6 is 0 Å². The van der Waals surface area contributed by atoms with E-state index in [4.69, 9.17) is 5.26 Å². The number of nitrogens with zero attached hydrogens (tertiary/aromatic N) is 3. The van der Waals surface area contributed by atoms with Crippen molar-refractivity contribution in [3.63, 3.8) is 0 Å². The molecule has 2 heterocycles. The van der Waals surface area contributed by atoms with E-state index >= 15 is 0 Å². The van der Waals surface area contributed by atoms with Gasteiger partial charge in [-0.3, -0.25) is 4.79 Å². The minimum Gasteiger partial charge on any atom is -0.337 e. The van der Waals surface area contributed by atoms with Crippen LogP contribution < -0.4 is 0 Å². The lowest BCUT2D eigenvalue weighted by atomic mass is 10.0. The largest absolute Gasteiger partial charge is 0.337 e. The molecule has 2 atom stereocenters. The monoisotopic (exact) mass is 229 g/mol. The van der Waals surface area contributed by atoms with Gasteiger partial charge in [-0.1, -0.05) is 13.8 Å². The standard InChI is InChI=1S/C13H15N3O/c1-9-7-16(8-10(9)2)13(17)12-4-3-11(5-14)6-15-12/h3-4,6,9-10H,7-8H2,1-2H3. The second kappa shape index (κ2) is 4.54. The highest BCUT2D eigenvalue weighted by molar-refractivity contribution is 5.92. The van der Waals surface area contributed by atoms with E-state index in [-0.39, 0.29) is 5.91 Å². The van der Waals surface area contributed by atoms with Crippen LogP contribution in [-0.4, -0.2) is 28.9 Å². The molecule has 4 nitrogen and oxygen atoms in total. The molecule has 2 unspecified atom stereocenters. The van der Waals surface area contributed by atoms with Gasteiger partial charge in [-0.25, -0.2) is 4.98 Å². The van der Waals surface area contributed by atoms with Gasteiger partial charge < -0.3 is 4.90 Å². The van der Waals surface area contributed by atoms with Crippen molar-refractivity contribution in [3.05, 3.63) is 29.6 Å². The summed E-state index contributed by atoms with van der Waals surface area (Å²) in [5.74, 6) is 1.04. The molecule has 1 aliphatic heterocycles. The number of hydrogen-bond acceptors (Lipinski definition) is 3. The van der Waals surface area contributed by atoms with Crippen LogP contribution in [0.3, 0.4) is 0 Å². The Morgan fingerprint density at radius 1 is 1.41 bits per heavy atom. The normalized spacial score (nSPS) is 23.5. The Balaban J connectivity index is 2.12. The molecule has 1 fully saturated rings. The predicted molar refractivity (Wildman–Crippen MR) is 63.2 cm³/mol. The fraction of sp³-hybridized carbons (Fsp3) is 0.462. The highest BCUT2D eigenvalue weighted by Gasteiger charge is 2.30. The lowest BCUT2D eigenvalue weighted by molar-refractivity contribution is 0.0779. The van der Waals surface area contributed by atoms with Crippen molar-refractivity contribution in [2.75, 3.05) is 13.1 Å². The summed E-state index contributed by atoms with van der Waals surface area (Å²) in [5.41, 5.74) is 0.898. The van der Waals surface area contributed by atoms with Gasteiger partial charge in [-0.2, -0.15) is 5.26 Å². The molecule has 1 aromatic heterocycles. The van der Waals surface area contributed by atoms with Crippen molar-refractivity contribution in [1.29, 1.82) is 5.26 Å². The Bertz CT molecular complexity index is 451. The van der Waals surface area contributed by atoms with Crippen molar-refractivity contribution in [2.24, 2.45) is 11.8 Å². The maximum atomic E-state index is 12.1. The Kier molecular flexibility index (Phi) is 3.10. The zero-order valence-corrected chi connectivity index (χ0v) is 10.1. The highest BCUT2D eigenvalue weighted by Crippen LogP contribution is 2.23. The molecule has 0 aromatic carbocycles. The average molecular weight is 229 g/mol. The van der Waals surface area contributed by atoms with E-state index in [1.54, 1.807) is 12.1 Å². The maximum Gasteiger partial charge on any atom is 0.272 e. The van der Waals surface area contributed by atoms with Crippen molar-refractivity contribution >= 4 is 5.91 Å². The van der Waals surface area contributed by atoms with Gasteiger partial charge in [0.25, 0.3) is 5.91 Å². The molecule has 17 heavy (non-hydrogen) atoms. The number of carbonyl (C=O) groups is 1. The zero-order chi connectivity index (χ0) is 12.4. The van der Waals surface area contributed by atoms with E-state index in [0.29, 0.717) is 23.1 Å². The Morgan fingerprint density at radius 2 is 2.06 bits per heavy atom. The van der Waals surface area contributed by atoms with E-state index in [1.165, 1.54) is 6.20 Å². The van der Waals surface area contributed by atoms with Gasteiger partial charge in [-0.15, -0.1) is 0 Å². The summed E-state index contributed by atoms with van der Waals surface area (Å²) >= 11 is 0. The van der Waals surface area contributed by atoms with Gasteiger partial charge in [0.2, 0.25) is 0 Å². The lowest BCUT2D eigenvalue weighted by Gasteiger charge is -2.15. The van der Waals surface area contributed by atoms with Gasteiger partial charge in [-0.05, 0) is 24.0 Å². The molecule has 0 saturated carbocycles. The van der Waals surface area contributed by atoms with E-state index in [9.17, 15) is 4.79 Å². The van der Waals surface area contributed by atoms with Gasteiger partial charge in [0.05, 0.1) is 5.56 Å². The van der Waals surface area contributed by atoms with E-state index in [0.717, 1.165) is 13.1 Å². The number of amides is 1. The third kappa shape index (κ3) is 2.28. The molecule has 1 saturated heterocycles. The topological polar surface area (TPSA) is 57.0 Å². The molecule has 4 heteroatoms. The first-order chi connectivity index (χ1) is 8.11. The molecular formula is C13H15N3O. The first kappa shape index (κ1) is 11.6. The van der Waals surface area contributed by atoms with Crippen molar-refractivity contribution in [3.8, 4) is 6.07 Å². The Morgan fingerprint density at radius 3 is 2.53 bits per heavy atom. The minimum absolute atomic E-state index is 0.0364. The molecule has 88 valence electrons. The summed E-state index contributed by atoms with van der Waals surface area (Å²) in [7, 11) is 0. The van der Waals surface area contributed by atoms with E-state index in [2.05, 4.69) is 18.8 Å². The SMILES string of the molecule is CC1CN(C(=O)c2ccc(C#N)cn2)CC1C. The number of aromatic nitrogens is 1. The second-order valence-electron chi connectivity index (χ2n) is 4.71. The average Bonchev–Trinajstić information content (AvgIpc) is 2.69. The van der Waals surface area contributed by atoms with Gasteiger partial charge in [0.1, 0.15) is 11.8 Å². The van der Waals surface area contributed by atoms with Crippen LogP contribution in [0.2, 0.25) is 0 Å². The predicted octanol–water partition coefficient (Wildman–Crippen LogP) is 1.68.